The summed E-state index contributed by atoms with van der Waals surface area (Å²) in [5, 5.41) is 10.8. The van der Waals surface area contributed by atoms with Crippen LogP contribution in [0.1, 0.15) is 24.3 Å². The van der Waals surface area contributed by atoms with Crippen LogP contribution in [-0.2, 0) is 10.0 Å². The van der Waals surface area contributed by atoms with E-state index in [9.17, 15) is 13.5 Å². The van der Waals surface area contributed by atoms with Crippen molar-refractivity contribution in [2.24, 2.45) is 0 Å². The highest BCUT2D eigenvalue weighted by Gasteiger charge is 2.27. The Hall–Kier alpha value is -2.80. The Morgan fingerprint density at radius 1 is 1.15 bits per heavy atom. The summed E-state index contributed by atoms with van der Waals surface area (Å²) in [7, 11) is -1.76. The minimum atomic E-state index is -3.34. The number of ether oxygens (including phenoxy) is 1. The number of hydrogen-bond acceptors (Lipinski definition) is 5. The zero-order valence-corrected chi connectivity index (χ0v) is 15.9. The Bertz CT molecular complexity index is 1140. The molecule has 1 heterocycles. The van der Waals surface area contributed by atoms with Crippen molar-refractivity contribution in [3.05, 3.63) is 48.0 Å². The number of rotatable bonds is 5. The van der Waals surface area contributed by atoms with Crippen molar-refractivity contribution >= 4 is 26.6 Å². The predicted octanol–water partition coefficient (Wildman–Crippen LogP) is 3.86. The number of benzene rings is 2. The molecule has 140 valence electrons. The van der Waals surface area contributed by atoms with Gasteiger partial charge in [-0.1, -0.05) is 0 Å². The maximum Gasteiger partial charge on any atom is 0.229 e. The maximum absolute atomic E-state index is 11.5. The molecular formula is C20H20N2O4S. The largest absolute Gasteiger partial charge is 0.508 e. The lowest BCUT2D eigenvalue weighted by atomic mass is 10.00. The number of pyridine rings is 1. The fraction of sp³-hybridized carbons (Fsp3) is 0.250. The van der Waals surface area contributed by atoms with Crippen LogP contribution < -0.4 is 9.46 Å². The van der Waals surface area contributed by atoms with Crippen molar-refractivity contribution in [2.45, 2.75) is 18.8 Å². The summed E-state index contributed by atoms with van der Waals surface area (Å²) in [6.07, 6.45) is 3.33. The van der Waals surface area contributed by atoms with Crippen LogP contribution in [0.15, 0.2) is 42.5 Å². The molecule has 4 rings (SSSR count). The molecule has 1 aliphatic rings. The zero-order chi connectivity index (χ0) is 19.2. The molecule has 0 spiro atoms. The van der Waals surface area contributed by atoms with Gasteiger partial charge in [0.15, 0.2) is 0 Å². The zero-order valence-electron chi connectivity index (χ0n) is 15.1. The molecule has 7 heteroatoms. The van der Waals surface area contributed by atoms with Crippen LogP contribution in [0.3, 0.4) is 0 Å². The number of nitrogens with one attached hydrogen (secondary N) is 1. The van der Waals surface area contributed by atoms with Crippen molar-refractivity contribution in [3.8, 4) is 22.8 Å². The Balaban J connectivity index is 1.90. The summed E-state index contributed by atoms with van der Waals surface area (Å²) in [6, 6.07) is 12.3. The van der Waals surface area contributed by atoms with E-state index in [0.29, 0.717) is 17.4 Å². The lowest BCUT2D eigenvalue weighted by Crippen LogP contribution is -2.09. The number of aromatic hydroxyl groups is 1. The molecule has 0 amide bonds. The van der Waals surface area contributed by atoms with Crippen molar-refractivity contribution < 1.29 is 18.3 Å². The highest BCUT2D eigenvalue weighted by Crippen LogP contribution is 2.45. The lowest BCUT2D eigenvalue weighted by Gasteiger charge is -2.13. The van der Waals surface area contributed by atoms with Gasteiger partial charge in [0.25, 0.3) is 0 Å². The van der Waals surface area contributed by atoms with Gasteiger partial charge in [-0.2, -0.15) is 0 Å². The molecule has 1 aliphatic carbocycles. The van der Waals surface area contributed by atoms with Crippen LogP contribution in [0.4, 0.5) is 5.69 Å². The molecule has 1 aromatic heterocycles. The van der Waals surface area contributed by atoms with E-state index in [1.165, 1.54) is 0 Å². The number of aromatic nitrogens is 1. The molecule has 1 fully saturated rings. The fourth-order valence-electron chi connectivity index (χ4n) is 3.30. The number of phenolic OH excluding ortho intramolecular Hbond substituents is 1. The summed E-state index contributed by atoms with van der Waals surface area (Å²) in [5.74, 6) is 1.22. The van der Waals surface area contributed by atoms with E-state index in [1.807, 2.05) is 18.2 Å². The van der Waals surface area contributed by atoms with Crippen LogP contribution in [0.25, 0.3) is 22.2 Å². The van der Waals surface area contributed by atoms with E-state index in [0.717, 1.165) is 46.8 Å². The third-order valence-electron chi connectivity index (χ3n) is 4.62. The van der Waals surface area contributed by atoms with E-state index in [4.69, 9.17) is 9.72 Å². The molecule has 1 saturated carbocycles. The monoisotopic (exact) mass is 384 g/mol. The molecule has 3 aromatic rings. The highest BCUT2D eigenvalue weighted by atomic mass is 32.2. The first-order valence-corrected chi connectivity index (χ1v) is 10.5. The van der Waals surface area contributed by atoms with Crippen LogP contribution >= 0.6 is 0 Å². The number of anilines is 1. The van der Waals surface area contributed by atoms with Crippen LogP contribution in [-0.4, -0.2) is 31.9 Å². The summed E-state index contributed by atoms with van der Waals surface area (Å²) < 4.78 is 31.0. The second-order valence-corrected chi connectivity index (χ2v) is 8.61. The summed E-state index contributed by atoms with van der Waals surface area (Å²) in [6.45, 7) is 0. The standard InChI is InChI=1S/C20H20N2O4S/c1-26-20-8-6-14(23)10-17(20)19-11-15(12-3-4-12)16-9-13(22-27(2,24)25)5-7-18(16)21-19/h5-12,22-23H,3-4H2,1-2H3. The van der Waals surface area contributed by atoms with E-state index < -0.39 is 10.0 Å². The maximum atomic E-state index is 11.5. The highest BCUT2D eigenvalue weighted by molar-refractivity contribution is 7.92. The first-order valence-electron chi connectivity index (χ1n) is 8.64. The van der Waals surface area contributed by atoms with Gasteiger partial charge in [-0.05, 0) is 66.8 Å². The molecule has 0 atom stereocenters. The van der Waals surface area contributed by atoms with Gasteiger partial charge in [0.05, 0.1) is 24.6 Å². The van der Waals surface area contributed by atoms with Gasteiger partial charge in [0.1, 0.15) is 11.5 Å². The first kappa shape index (κ1) is 17.6. The molecule has 0 radical (unpaired) electrons. The third-order valence-corrected chi connectivity index (χ3v) is 5.23. The molecule has 2 aromatic carbocycles. The quantitative estimate of drug-likeness (QED) is 0.697. The minimum absolute atomic E-state index is 0.147. The summed E-state index contributed by atoms with van der Waals surface area (Å²) in [5.41, 5.74) is 3.88. The van der Waals surface area contributed by atoms with Crippen LogP contribution in [0, 0.1) is 0 Å². The topological polar surface area (TPSA) is 88.5 Å². The summed E-state index contributed by atoms with van der Waals surface area (Å²) in [4.78, 5) is 4.74. The molecule has 2 N–H and O–H groups in total. The lowest BCUT2D eigenvalue weighted by molar-refractivity contribution is 0.414. The van der Waals surface area contributed by atoms with E-state index in [-0.39, 0.29) is 5.75 Å². The van der Waals surface area contributed by atoms with Gasteiger partial charge in [0, 0.05) is 16.6 Å². The normalized spacial score (nSPS) is 14.3. The number of fused-ring (bicyclic) bond motifs is 1. The van der Waals surface area contributed by atoms with Crippen molar-refractivity contribution in [1.82, 2.24) is 4.98 Å². The molecular weight excluding hydrogens is 364 g/mol. The Kier molecular flexibility index (Phi) is 4.19. The molecule has 0 bridgehead atoms. The Morgan fingerprint density at radius 2 is 1.93 bits per heavy atom. The number of hydrogen-bond donors (Lipinski definition) is 2. The van der Waals surface area contributed by atoms with Gasteiger partial charge in [-0.15, -0.1) is 0 Å². The number of phenols is 1. The Labute approximate surface area is 157 Å². The molecule has 6 nitrogen and oxygen atoms in total. The summed E-state index contributed by atoms with van der Waals surface area (Å²) >= 11 is 0. The van der Waals surface area contributed by atoms with E-state index >= 15 is 0 Å². The van der Waals surface area contributed by atoms with Gasteiger partial charge >= 0.3 is 0 Å². The predicted molar refractivity (Wildman–Crippen MR) is 106 cm³/mol. The van der Waals surface area contributed by atoms with Crippen molar-refractivity contribution in [1.29, 1.82) is 0 Å². The van der Waals surface area contributed by atoms with Gasteiger partial charge in [-0.3, -0.25) is 4.72 Å². The van der Waals surface area contributed by atoms with E-state index in [2.05, 4.69) is 4.72 Å². The average molecular weight is 384 g/mol. The fourth-order valence-corrected chi connectivity index (χ4v) is 3.85. The van der Waals surface area contributed by atoms with Gasteiger partial charge in [-0.25, -0.2) is 13.4 Å². The SMILES string of the molecule is COc1ccc(O)cc1-c1cc(C2CC2)c2cc(NS(C)(=O)=O)ccc2n1. The second kappa shape index (κ2) is 6.42. The van der Waals surface area contributed by atoms with Gasteiger partial charge < -0.3 is 9.84 Å². The second-order valence-electron chi connectivity index (χ2n) is 6.86. The number of methoxy groups -OCH3 is 1. The number of nitrogens with zero attached hydrogens (tertiary/aromatic N) is 1. The Morgan fingerprint density at radius 3 is 2.59 bits per heavy atom. The molecule has 27 heavy (non-hydrogen) atoms. The number of sulfonamides is 1. The molecule has 0 unspecified atom stereocenters. The average Bonchev–Trinajstić information content (AvgIpc) is 3.44. The smallest absolute Gasteiger partial charge is 0.229 e. The van der Waals surface area contributed by atoms with Crippen molar-refractivity contribution in [3.63, 3.8) is 0 Å². The first-order chi connectivity index (χ1) is 12.8. The van der Waals surface area contributed by atoms with Gasteiger partial charge in [0.2, 0.25) is 10.0 Å². The van der Waals surface area contributed by atoms with Crippen molar-refractivity contribution in [2.75, 3.05) is 18.1 Å². The van der Waals surface area contributed by atoms with E-state index in [1.54, 1.807) is 31.4 Å². The van der Waals surface area contributed by atoms with Crippen LogP contribution in [0.2, 0.25) is 0 Å². The molecule has 0 aliphatic heterocycles. The van der Waals surface area contributed by atoms with Crippen LogP contribution in [0.5, 0.6) is 11.5 Å². The third kappa shape index (κ3) is 3.68. The minimum Gasteiger partial charge on any atom is -0.508 e. The molecule has 0 saturated heterocycles.